The van der Waals surface area contributed by atoms with Gasteiger partial charge in [-0.15, -0.1) is 0 Å². The topological polar surface area (TPSA) is 26.0 Å². The molecule has 1 aromatic carbocycles. The molecule has 0 saturated heterocycles. The molecule has 0 radical (unpaired) electrons. The quantitative estimate of drug-likeness (QED) is 0.840. The van der Waals surface area contributed by atoms with Crippen LogP contribution in [0.4, 0.5) is 8.78 Å². The Morgan fingerprint density at radius 3 is 2.41 bits per heavy atom. The molecule has 0 aromatic heterocycles. The third-order valence-electron chi connectivity index (χ3n) is 4.02. The lowest BCUT2D eigenvalue weighted by Crippen LogP contribution is -2.39. The van der Waals surface area contributed by atoms with Crippen LogP contribution in [0.1, 0.15) is 43.2 Å². The smallest absolute Gasteiger partial charge is 0.132 e. The Labute approximate surface area is 101 Å². The van der Waals surface area contributed by atoms with Crippen molar-refractivity contribution < 1.29 is 8.78 Å². The van der Waals surface area contributed by atoms with Crippen molar-refractivity contribution in [3.63, 3.8) is 0 Å². The van der Waals surface area contributed by atoms with Gasteiger partial charge in [0.2, 0.25) is 0 Å². The van der Waals surface area contributed by atoms with Crippen molar-refractivity contribution in [2.24, 2.45) is 5.73 Å². The maximum atomic E-state index is 14.2. The van der Waals surface area contributed by atoms with Gasteiger partial charge in [-0.3, -0.25) is 0 Å². The molecule has 3 heteroatoms. The van der Waals surface area contributed by atoms with Crippen LogP contribution in [0.3, 0.4) is 0 Å². The first-order chi connectivity index (χ1) is 8.10. The predicted molar refractivity (Wildman–Crippen MR) is 64.9 cm³/mol. The van der Waals surface area contributed by atoms with E-state index in [0.29, 0.717) is 12.1 Å². The number of halogens is 2. The molecule has 0 heterocycles. The van der Waals surface area contributed by atoms with Crippen LogP contribution >= 0.6 is 0 Å². The highest BCUT2D eigenvalue weighted by molar-refractivity contribution is 5.34. The van der Waals surface area contributed by atoms with E-state index < -0.39 is 17.0 Å². The fraction of sp³-hybridized carbons (Fsp3) is 0.571. The number of nitrogens with two attached hydrogens (primary N) is 1. The molecule has 0 atom stereocenters. The summed E-state index contributed by atoms with van der Waals surface area (Å²) in [6.45, 7) is 2.00. The average Bonchev–Trinajstić information content (AvgIpc) is 2.35. The largest absolute Gasteiger partial charge is 0.330 e. The Morgan fingerprint density at radius 1 is 1.18 bits per heavy atom. The van der Waals surface area contributed by atoms with Crippen LogP contribution in [0.25, 0.3) is 0 Å². The minimum atomic E-state index is -0.488. The summed E-state index contributed by atoms with van der Waals surface area (Å²) in [4.78, 5) is 0. The Hall–Kier alpha value is -0.960. The van der Waals surface area contributed by atoms with Gasteiger partial charge in [0.25, 0.3) is 0 Å². The van der Waals surface area contributed by atoms with E-state index >= 15 is 0 Å². The Kier molecular flexibility index (Phi) is 3.48. The molecule has 2 N–H and O–H groups in total. The van der Waals surface area contributed by atoms with E-state index in [0.717, 1.165) is 32.1 Å². The summed E-state index contributed by atoms with van der Waals surface area (Å²) in [6, 6.07) is 2.85. The van der Waals surface area contributed by atoms with Gasteiger partial charge in [-0.05, 0) is 31.4 Å². The second-order valence-corrected chi connectivity index (χ2v) is 5.10. The van der Waals surface area contributed by atoms with Gasteiger partial charge in [0, 0.05) is 17.5 Å². The zero-order valence-electron chi connectivity index (χ0n) is 10.2. The molecule has 0 amide bonds. The fourth-order valence-electron chi connectivity index (χ4n) is 2.93. The lowest BCUT2D eigenvalue weighted by molar-refractivity contribution is 0.281. The van der Waals surface area contributed by atoms with E-state index in [9.17, 15) is 8.78 Å². The molecule has 17 heavy (non-hydrogen) atoms. The summed E-state index contributed by atoms with van der Waals surface area (Å²) in [7, 11) is 0. The average molecular weight is 239 g/mol. The molecule has 94 valence electrons. The van der Waals surface area contributed by atoms with Crippen molar-refractivity contribution >= 4 is 0 Å². The molecule has 1 aliphatic rings. The summed E-state index contributed by atoms with van der Waals surface area (Å²) in [5.41, 5.74) is 6.06. The lowest BCUT2D eigenvalue weighted by atomic mass is 9.69. The minimum Gasteiger partial charge on any atom is -0.330 e. The van der Waals surface area contributed by atoms with Crippen molar-refractivity contribution in [2.45, 2.75) is 44.4 Å². The monoisotopic (exact) mass is 239 g/mol. The molecule has 0 unspecified atom stereocenters. The van der Waals surface area contributed by atoms with E-state index in [1.165, 1.54) is 12.1 Å². The third-order valence-corrected chi connectivity index (χ3v) is 4.02. The molecule has 1 fully saturated rings. The fourth-order valence-corrected chi connectivity index (χ4v) is 2.93. The van der Waals surface area contributed by atoms with Crippen molar-refractivity contribution in [3.05, 3.63) is 34.9 Å². The summed E-state index contributed by atoms with van der Waals surface area (Å²) in [5, 5.41) is 0. The summed E-state index contributed by atoms with van der Waals surface area (Å²) in [5.74, 6) is -0.849. The molecule has 0 aliphatic heterocycles. The molecule has 1 aromatic rings. The molecular formula is C14H19F2N. The highest BCUT2D eigenvalue weighted by atomic mass is 19.1. The first-order valence-corrected chi connectivity index (χ1v) is 6.26. The first-order valence-electron chi connectivity index (χ1n) is 6.26. The maximum Gasteiger partial charge on any atom is 0.132 e. The maximum absolute atomic E-state index is 14.2. The second kappa shape index (κ2) is 4.73. The molecule has 0 spiro atoms. The summed E-state index contributed by atoms with van der Waals surface area (Å²) < 4.78 is 28.1. The number of aryl methyl sites for hydroxylation is 1. The van der Waals surface area contributed by atoms with Crippen LogP contribution in [0, 0.1) is 18.6 Å². The molecular weight excluding hydrogens is 220 g/mol. The standard InChI is InChI=1S/C14H19F2N/c1-10-5-6-11(15)12(13(10)16)14(9-17)7-3-2-4-8-14/h5-6H,2-4,7-9,17H2,1H3. The van der Waals surface area contributed by atoms with Gasteiger partial charge in [0.1, 0.15) is 11.6 Å². The SMILES string of the molecule is Cc1ccc(F)c(C2(CN)CCCCC2)c1F. The van der Waals surface area contributed by atoms with E-state index in [4.69, 9.17) is 5.73 Å². The zero-order valence-corrected chi connectivity index (χ0v) is 10.2. The minimum absolute atomic E-state index is 0.222. The zero-order chi connectivity index (χ0) is 12.5. The van der Waals surface area contributed by atoms with Crippen LogP contribution in [0.2, 0.25) is 0 Å². The van der Waals surface area contributed by atoms with Crippen molar-refractivity contribution in [1.29, 1.82) is 0 Å². The van der Waals surface area contributed by atoms with Gasteiger partial charge in [-0.25, -0.2) is 8.78 Å². The van der Waals surface area contributed by atoms with E-state index in [1.807, 2.05) is 0 Å². The Bertz CT molecular complexity index is 409. The summed E-state index contributed by atoms with van der Waals surface area (Å²) >= 11 is 0. The summed E-state index contributed by atoms with van der Waals surface area (Å²) in [6.07, 6.45) is 4.73. The third kappa shape index (κ3) is 2.08. The molecule has 1 nitrogen and oxygen atoms in total. The predicted octanol–water partition coefficient (Wildman–Crippen LogP) is 3.43. The van der Waals surface area contributed by atoms with Crippen LogP contribution in [-0.4, -0.2) is 6.54 Å². The molecule has 1 aliphatic carbocycles. The van der Waals surface area contributed by atoms with Crippen LogP contribution in [0.15, 0.2) is 12.1 Å². The van der Waals surface area contributed by atoms with Crippen molar-refractivity contribution in [2.75, 3.05) is 6.54 Å². The second-order valence-electron chi connectivity index (χ2n) is 5.10. The van der Waals surface area contributed by atoms with Gasteiger partial charge < -0.3 is 5.73 Å². The van der Waals surface area contributed by atoms with Gasteiger partial charge in [-0.1, -0.05) is 25.3 Å². The number of hydrogen-bond acceptors (Lipinski definition) is 1. The highest BCUT2D eigenvalue weighted by Gasteiger charge is 2.37. The highest BCUT2D eigenvalue weighted by Crippen LogP contribution is 2.41. The van der Waals surface area contributed by atoms with E-state index in [2.05, 4.69) is 0 Å². The Morgan fingerprint density at radius 2 is 1.82 bits per heavy atom. The van der Waals surface area contributed by atoms with E-state index in [-0.39, 0.29) is 5.56 Å². The lowest BCUT2D eigenvalue weighted by Gasteiger charge is -2.37. The molecule has 2 rings (SSSR count). The van der Waals surface area contributed by atoms with Crippen LogP contribution in [-0.2, 0) is 5.41 Å². The van der Waals surface area contributed by atoms with Gasteiger partial charge in [0.05, 0.1) is 0 Å². The van der Waals surface area contributed by atoms with Gasteiger partial charge >= 0.3 is 0 Å². The first kappa shape index (κ1) is 12.5. The van der Waals surface area contributed by atoms with Crippen molar-refractivity contribution in [1.82, 2.24) is 0 Å². The van der Waals surface area contributed by atoms with E-state index in [1.54, 1.807) is 6.92 Å². The normalized spacial score (nSPS) is 19.3. The Balaban J connectivity index is 2.53. The van der Waals surface area contributed by atoms with Gasteiger partial charge in [0.15, 0.2) is 0 Å². The van der Waals surface area contributed by atoms with Gasteiger partial charge in [-0.2, -0.15) is 0 Å². The van der Waals surface area contributed by atoms with Crippen LogP contribution < -0.4 is 5.73 Å². The number of benzene rings is 1. The number of hydrogen-bond donors (Lipinski definition) is 1. The number of rotatable bonds is 2. The van der Waals surface area contributed by atoms with Crippen LogP contribution in [0.5, 0.6) is 0 Å². The molecule has 1 saturated carbocycles. The molecule has 0 bridgehead atoms. The van der Waals surface area contributed by atoms with Crippen molar-refractivity contribution in [3.8, 4) is 0 Å².